The molecule has 0 aliphatic carbocycles. The largest absolute Gasteiger partial charge is 0.378 e. The van der Waals surface area contributed by atoms with E-state index in [-0.39, 0.29) is 6.54 Å². The van der Waals surface area contributed by atoms with Crippen molar-refractivity contribution in [3.63, 3.8) is 0 Å². The predicted octanol–water partition coefficient (Wildman–Crippen LogP) is 3.58. The molecule has 0 N–H and O–H groups in total. The van der Waals surface area contributed by atoms with Gasteiger partial charge in [-0.2, -0.15) is 5.10 Å². The van der Waals surface area contributed by atoms with Crippen LogP contribution in [0, 0.1) is 6.92 Å². The molecule has 2 aliphatic heterocycles. The number of likely N-dealkylation sites (tertiary alicyclic amines) is 1. The average Bonchev–Trinajstić information content (AvgIpc) is 3.21. The van der Waals surface area contributed by atoms with Gasteiger partial charge in [0, 0.05) is 31.0 Å². The first-order chi connectivity index (χ1) is 15.9. The molecule has 0 spiro atoms. The number of hydrogen-bond acceptors (Lipinski definition) is 6. The molecule has 3 aromatic rings. The lowest BCUT2D eigenvalue weighted by Crippen LogP contribution is -2.45. The van der Waals surface area contributed by atoms with E-state index in [0.29, 0.717) is 44.0 Å². The van der Waals surface area contributed by atoms with Crippen LogP contribution in [-0.2, 0) is 11.2 Å². The van der Waals surface area contributed by atoms with Crippen LogP contribution in [-0.4, -0.2) is 77.0 Å². The number of anilines is 1. The maximum atomic E-state index is 15.0. The Balaban J connectivity index is 1.59. The summed E-state index contributed by atoms with van der Waals surface area (Å²) in [6.07, 6.45) is 2.90. The van der Waals surface area contributed by atoms with E-state index in [1.807, 2.05) is 32.0 Å². The lowest BCUT2D eigenvalue weighted by atomic mass is 9.83. The van der Waals surface area contributed by atoms with E-state index in [0.717, 1.165) is 41.2 Å². The van der Waals surface area contributed by atoms with Gasteiger partial charge in [-0.3, -0.25) is 0 Å². The fraction of sp³-hybridized carbons (Fsp3) is 0.542. The van der Waals surface area contributed by atoms with E-state index in [2.05, 4.69) is 10.00 Å². The molecule has 0 radical (unpaired) electrons. The van der Waals surface area contributed by atoms with Crippen molar-refractivity contribution in [2.45, 2.75) is 38.5 Å². The highest BCUT2D eigenvalue weighted by molar-refractivity contribution is 5.82. The second-order valence-electron chi connectivity index (χ2n) is 9.12. The minimum absolute atomic E-state index is 0.219. The Bertz CT molecular complexity index is 1160. The van der Waals surface area contributed by atoms with Gasteiger partial charge in [0.1, 0.15) is 11.6 Å². The Morgan fingerprint density at radius 3 is 2.58 bits per heavy atom. The number of rotatable bonds is 4. The van der Waals surface area contributed by atoms with Gasteiger partial charge in [-0.25, -0.2) is 23.4 Å². The number of morpholine rings is 1. The number of fused-ring (bicyclic) bond motifs is 1. The number of nitrogens with zero attached hydrogens (tertiary/aromatic N) is 6. The molecule has 2 aliphatic rings. The van der Waals surface area contributed by atoms with Crippen molar-refractivity contribution in [3.05, 3.63) is 41.3 Å². The first-order valence-electron chi connectivity index (χ1n) is 11.6. The van der Waals surface area contributed by atoms with Crippen LogP contribution < -0.4 is 4.90 Å². The SMILES string of the molecule is CCc1nc(N2CCOCC2)cc(-n2ncc3cc(C)c(C4CCN(C)CC4(F)F)cc32)n1. The smallest absolute Gasteiger partial charge is 0.267 e. The summed E-state index contributed by atoms with van der Waals surface area (Å²) in [5, 5.41) is 5.50. The van der Waals surface area contributed by atoms with Crippen molar-refractivity contribution < 1.29 is 13.5 Å². The van der Waals surface area contributed by atoms with E-state index in [1.165, 1.54) is 0 Å². The van der Waals surface area contributed by atoms with Gasteiger partial charge in [-0.05, 0) is 50.2 Å². The van der Waals surface area contributed by atoms with Gasteiger partial charge in [0.15, 0.2) is 5.82 Å². The third kappa shape index (κ3) is 4.19. The van der Waals surface area contributed by atoms with E-state index < -0.39 is 11.8 Å². The molecule has 0 amide bonds. The van der Waals surface area contributed by atoms with Crippen LogP contribution in [0.4, 0.5) is 14.6 Å². The summed E-state index contributed by atoms with van der Waals surface area (Å²) < 4.78 is 37.2. The molecule has 0 bridgehead atoms. The molecule has 1 unspecified atom stereocenters. The summed E-state index contributed by atoms with van der Waals surface area (Å²) in [4.78, 5) is 13.3. The molecule has 0 saturated carbocycles. The summed E-state index contributed by atoms with van der Waals surface area (Å²) in [5.41, 5.74) is 2.36. The Morgan fingerprint density at radius 2 is 1.85 bits per heavy atom. The highest BCUT2D eigenvalue weighted by atomic mass is 19.3. The molecular formula is C24H30F2N6O. The van der Waals surface area contributed by atoms with E-state index in [4.69, 9.17) is 14.7 Å². The number of piperidine rings is 1. The Kier molecular flexibility index (Phi) is 5.78. The third-order valence-electron chi connectivity index (χ3n) is 6.73. The Labute approximate surface area is 192 Å². The van der Waals surface area contributed by atoms with Crippen molar-refractivity contribution in [2.75, 3.05) is 51.3 Å². The number of aryl methyl sites for hydroxylation is 2. The minimum atomic E-state index is -2.77. The van der Waals surface area contributed by atoms with Crippen molar-refractivity contribution >= 4 is 16.7 Å². The molecular weight excluding hydrogens is 426 g/mol. The van der Waals surface area contributed by atoms with Crippen molar-refractivity contribution in [1.82, 2.24) is 24.6 Å². The summed E-state index contributed by atoms with van der Waals surface area (Å²) in [6.45, 7) is 7.25. The number of halogens is 2. The fourth-order valence-electron chi connectivity index (χ4n) is 4.95. The van der Waals surface area contributed by atoms with Crippen molar-refractivity contribution in [1.29, 1.82) is 0 Å². The number of benzene rings is 1. The minimum Gasteiger partial charge on any atom is -0.378 e. The number of hydrogen-bond donors (Lipinski definition) is 0. The monoisotopic (exact) mass is 456 g/mol. The standard InChI is InChI=1S/C24H30F2N6O/c1-4-21-28-22(31-7-9-33-10-8-31)13-23(29-21)32-20-12-18(16(2)11-17(20)14-27-32)19-5-6-30(3)15-24(19,25)26/h11-14,19H,4-10,15H2,1-3H3. The van der Waals surface area contributed by atoms with Crippen LogP contribution >= 0.6 is 0 Å². The van der Waals surface area contributed by atoms with Gasteiger partial charge < -0.3 is 14.5 Å². The van der Waals surface area contributed by atoms with Crippen LogP contribution in [0.15, 0.2) is 24.4 Å². The van der Waals surface area contributed by atoms with Crippen LogP contribution in [0.2, 0.25) is 0 Å². The molecule has 2 fully saturated rings. The van der Waals surface area contributed by atoms with Gasteiger partial charge in [0.2, 0.25) is 0 Å². The van der Waals surface area contributed by atoms with Gasteiger partial charge in [-0.15, -0.1) is 0 Å². The summed E-state index contributed by atoms with van der Waals surface area (Å²) in [7, 11) is 1.75. The maximum absolute atomic E-state index is 15.0. The van der Waals surface area contributed by atoms with Gasteiger partial charge in [0.25, 0.3) is 5.92 Å². The quantitative estimate of drug-likeness (QED) is 0.598. The zero-order chi connectivity index (χ0) is 23.2. The Hall–Kier alpha value is -2.65. The lowest BCUT2D eigenvalue weighted by molar-refractivity contribution is -0.0766. The number of alkyl halides is 2. The van der Waals surface area contributed by atoms with Crippen LogP contribution in [0.25, 0.3) is 16.7 Å². The van der Waals surface area contributed by atoms with Gasteiger partial charge in [0.05, 0.1) is 37.4 Å². The second-order valence-corrected chi connectivity index (χ2v) is 9.12. The number of aromatic nitrogens is 4. The molecule has 1 atom stereocenters. The lowest BCUT2D eigenvalue weighted by Gasteiger charge is -2.37. The Morgan fingerprint density at radius 1 is 1.09 bits per heavy atom. The number of ether oxygens (including phenoxy) is 1. The molecule has 33 heavy (non-hydrogen) atoms. The summed E-state index contributed by atoms with van der Waals surface area (Å²) in [6, 6.07) is 5.79. The first-order valence-corrected chi connectivity index (χ1v) is 11.6. The average molecular weight is 457 g/mol. The molecule has 176 valence electrons. The van der Waals surface area contributed by atoms with Gasteiger partial charge >= 0.3 is 0 Å². The van der Waals surface area contributed by atoms with Crippen LogP contribution in [0.3, 0.4) is 0 Å². The fourth-order valence-corrected chi connectivity index (χ4v) is 4.95. The van der Waals surface area contributed by atoms with Crippen LogP contribution in [0.5, 0.6) is 0 Å². The molecule has 7 nitrogen and oxygen atoms in total. The second kappa shape index (κ2) is 8.61. The third-order valence-corrected chi connectivity index (χ3v) is 6.73. The maximum Gasteiger partial charge on any atom is 0.267 e. The zero-order valence-corrected chi connectivity index (χ0v) is 19.4. The molecule has 2 saturated heterocycles. The first kappa shape index (κ1) is 22.2. The van der Waals surface area contributed by atoms with Crippen molar-refractivity contribution in [3.8, 4) is 5.82 Å². The summed E-state index contributed by atoms with van der Waals surface area (Å²) in [5.74, 6) is -1.35. The molecule has 2 aromatic heterocycles. The van der Waals surface area contributed by atoms with E-state index in [9.17, 15) is 8.78 Å². The summed E-state index contributed by atoms with van der Waals surface area (Å²) >= 11 is 0. The highest BCUT2D eigenvalue weighted by Gasteiger charge is 2.45. The molecule has 5 rings (SSSR count). The van der Waals surface area contributed by atoms with Crippen LogP contribution in [0.1, 0.15) is 36.2 Å². The molecule has 4 heterocycles. The van der Waals surface area contributed by atoms with E-state index >= 15 is 0 Å². The molecule has 9 heteroatoms. The normalized spacial score (nSPS) is 21.6. The highest BCUT2D eigenvalue weighted by Crippen LogP contribution is 2.42. The van der Waals surface area contributed by atoms with E-state index in [1.54, 1.807) is 22.8 Å². The topological polar surface area (TPSA) is 59.3 Å². The van der Waals surface area contributed by atoms with Crippen molar-refractivity contribution in [2.24, 2.45) is 0 Å². The van der Waals surface area contributed by atoms with Gasteiger partial charge in [-0.1, -0.05) is 6.92 Å². The zero-order valence-electron chi connectivity index (χ0n) is 19.4. The molecule has 1 aromatic carbocycles. The predicted molar refractivity (Wildman–Crippen MR) is 124 cm³/mol.